The van der Waals surface area contributed by atoms with E-state index in [1.54, 1.807) is 6.92 Å². The van der Waals surface area contributed by atoms with Gasteiger partial charge in [-0.25, -0.2) is 0 Å². The van der Waals surface area contributed by atoms with Crippen LogP contribution in [0, 0.1) is 5.92 Å². The molecule has 6 heteroatoms. The molecule has 0 aromatic carbocycles. The number of carbonyl (C=O) groups is 2. The Morgan fingerprint density at radius 3 is 2.78 bits per heavy atom. The third kappa shape index (κ3) is 4.46. The molecule has 0 saturated carbocycles. The van der Waals surface area contributed by atoms with Crippen LogP contribution in [0.25, 0.3) is 0 Å². The molecule has 2 unspecified atom stereocenters. The molecule has 1 amide bonds. The lowest BCUT2D eigenvalue weighted by atomic mass is 10.1. The van der Waals surface area contributed by atoms with Crippen LogP contribution in [0.5, 0.6) is 0 Å². The summed E-state index contributed by atoms with van der Waals surface area (Å²) in [5.41, 5.74) is 5.40. The highest BCUT2D eigenvalue weighted by atomic mass is 32.1. The molecule has 2 atom stereocenters. The van der Waals surface area contributed by atoms with Crippen molar-refractivity contribution in [1.29, 1.82) is 0 Å². The summed E-state index contributed by atoms with van der Waals surface area (Å²) in [6.45, 7) is 2.23. The molecule has 0 bridgehead atoms. The largest absolute Gasteiger partial charge is 0.481 e. The van der Waals surface area contributed by atoms with Crippen LogP contribution >= 0.6 is 11.3 Å². The molecule has 1 aromatic heterocycles. The smallest absolute Gasteiger partial charge is 0.305 e. The van der Waals surface area contributed by atoms with Crippen LogP contribution in [0.2, 0.25) is 0 Å². The molecule has 4 N–H and O–H groups in total. The van der Waals surface area contributed by atoms with E-state index in [9.17, 15) is 9.59 Å². The van der Waals surface area contributed by atoms with Crippen LogP contribution in [0.15, 0.2) is 17.5 Å². The fourth-order valence-corrected chi connectivity index (χ4v) is 2.36. The number of hydrogen-bond donors (Lipinski definition) is 3. The first-order chi connectivity index (χ1) is 8.54. The van der Waals surface area contributed by atoms with Gasteiger partial charge in [-0.2, -0.15) is 0 Å². The SMILES string of the molecule is CC(CCN)C(=O)NC(CC(=O)O)c1cccs1. The van der Waals surface area contributed by atoms with Crippen molar-refractivity contribution < 1.29 is 14.7 Å². The van der Waals surface area contributed by atoms with E-state index in [1.165, 1.54) is 11.3 Å². The fourth-order valence-electron chi connectivity index (χ4n) is 1.58. The van der Waals surface area contributed by atoms with Gasteiger partial charge in [0.25, 0.3) is 0 Å². The van der Waals surface area contributed by atoms with Crippen molar-refractivity contribution in [3.05, 3.63) is 22.4 Å². The summed E-state index contributed by atoms with van der Waals surface area (Å²) < 4.78 is 0. The van der Waals surface area contributed by atoms with Gasteiger partial charge in [0.1, 0.15) is 0 Å². The van der Waals surface area contributed by atoms with Gasteiger partial charge >= 0.3 is 5.97 Å². The van der Waals surface area contributed by atoms with Crippen molar-refractivity contribution in [2.24, 2.45) is 11.7 Å². The second-order valence-corrected chi connectivity index (χ2v) is 5.13. The minimum absolute atomic E-state index is 0.110. The highest BCUT2D eigenvalue weighted by Gasteiger charge is 2.21. The highest BCUT2D eigenvalue weighted by Crippen LogP contribution is 2.22. The summed E-state index contributed by atoms with van der Waals surface area (Å²) in [6.07, 6.45) is 0.484. The molecule has 0 spiro atoms. The molecule has 0 saturated heterocycles. The Balaban J connectivity index is 2.67. The second kappa shape index (κ2) is 7.13. The zero-order valence-corrected chi connectivity index (χ0v) is 11.1. The predicted molar refractivity (Wildman–Crippen MR) is 70.3 cm³/mol. The molecule has 0 aliphatic carbocycles. The maximum Gasteiger partial charge on any atom is 0.305 e. The Kier molecular flexibility index (Phi) is 5.80. The number of carboxylic acid groups (broad SMARTS) is 1. The lowest BCUT2D eigenvalue weighted by Crippen LogP contribution is -2.34. The number of carbonyl (C=O) groups excluding carboxylic acids is 1. The fraction of sp³-hybridized carbons (Fsp3) is 0.500. The number of rotatable bonds is 7. The topological polar surface area (TPSA) is 92.4 Å². The molecule has 0 aliphatic heterocycles. The van der Waals surface area contributed by atoms with Gasteiger partial charge in [0.2, 0.25) is 5.91 Å². The molecule has 0 fully saturated rings. The van der Waals surface area contributed by atoms with Gasteiger partial charge < -0.3 is 16.2 Å². The molecule has 100 valence electrons. The summed E-state index contributed by atoms with van der Waals surface area (Å²) in [6, 6.07) is 3.20. The van der Waals surface area contributed by atoms with Gasteiger partial charge in [-0.05, 0) is 24.4 Å². The van der Waals surface area contributed by atoms with Crippen molar-refractivity contribution >= 4 is 23.2 Å². The molecular formula is C12H18N2O3S. The standard InChI is InChI=1S/C12H18N2O3S/c1-8(4-5-13)12(17)14-9(7-11(15)16)10-3-2-6-18-10/h2-3,6,8-9H,4-5,7,13H2,1H3,(H,14,17)(H,15,16). The van der Waals surface area contributed by atoms with Crippen LogP contribution < -0.4 is 11.1 Å². The van der Waals surface area contributed by atoms with E-state index >= 15 is 0 Å². The van der Waals surface area contributed by atoms with Crippen molar-refractivity contribution in [1.82, 2.24) is 5.32 Å². The highest BCUT2D eigenvalue weighted by molar-refractivity contribution is 7.10. The average molecular weight is 270 g/mol. The average Bonchev–Trinajstić information content (AvgIpc) is 2.81. The van der Waals surface area contributed by atoms with Crippen molar-refractivity contribution in [3.63, 3.8) is 0 Å². The van der Waals surface area contributed by atoms with Gasteiger partial charge in [0.05, 0.1) is 12.5 Å². The van der Waals surface area contributed by atoms with E-state index in [4.69, 9.17) is 10.8 Å². The lowest BCUT2D eigenvalue weighted by molar-refractivity contribution is -0.137. The number of hydrogen-bond acceptors (Lipinski definition) is 4. The second-order valence-electron chi connectivity index (χ2n) is 4.15. The number of carboxylic acids is 1. The van der Waals surface area contributed by atoms with Crippen LogP contribution in [0.4, 0.5) is 0 Å². The summed E-state index contributed by atoms with van der Waals surface area (Å²) in [5, 5.41) is 13.5. The number of amides is 1. The maximum atomic E-state index is 11.9. The summed E-state index contributed by atoms with van der Waals surface area (Å²) >= 11 is 1.44. The lowest BCUT2D eigenvalue weighted by Gasteiger charge is -2.18. The maximum absolute atomic E-state index is 11.9. The molecular weight excluding hydrogens is 252 g/mol. The minimum Gasteiger partial charge on any atom is -0.481 e. The zero-order chi connectivity index (χ0) is 13.5. The molecule has 0 radical (unpaired) electrons. The van der Waals surface area contributed by atoms with E-state index in [0.29, 0.717) is 13.0 Å². The molecule has 1 rings (SSSR count). The van der Waals surface area contributed by atoms with Crippen LogP contribution in [0.3, 0.4) is 0 Å². The third-order valence-corrected chi connectivity index (χ3v) is 3.62. The van der Waals surface area contributed by atoms with E-state index in [0.717, 1.165) is 4.88 Å². The van der Waals surface area contributed by atoms with Gasteiger partial charge in [-0.15, -0.1) is 11.3 Å². The van der Waals surface area contributed by atoms with Crippen molar-refractivity contribution in [2.45, 2.75) is 25.8 Å². The summed E-state index contributed by atoms with van der Waals surface area (Å²) in [4.78, 5) is 23.5. The Labute approximate surface area is 110 Å². The van der Waals surface area contributed by atoms with Crippen LogP contribution in [0.1, 0.15) is 30.7 Å². The van der Waals surface area contributed by atoms with Crippen LogP contribution in [-0.2, 0) is 9.59 Å². The molecule has 18 heavy (non-hydrogen) atoms. The first-order valence-corrected chi connectivity index (χ1v) is 6.68. The number of aliphatic carboxylic acids is 1. The van der Waals surface area contributed by atoms with E-state index < -0.39 is 12.0 Å². The molecule has 1 heterocycles. The molecule has 0 aliphatic rings. The van der Waals surface area contributed by atoms with E-state index in [1.807, 2.05) is 17.5 Å². The van der Waals surface area contributed by atoms with E-state index in [-0.39, 0.29) is 18.2 Å². The zero-order valence-electron chi connectivity index (χ0n) is 10.3. The van der Waals surface area contributed by atoms with Gasteiger partial charge in [-0.1, -0.05) is 13.0 Å². The monoisotopic (exact) mass is 270 g/mol. The predicted octanol–water partition coefficient (Wildman–Crippen LogP) is 1.37. The van der Waals surface area contributed by atoms with Gasteiger partial charge in [0.15, 0.2) is 0 Å². The van der Waals surface area contributed by atoms with E-state index in [2.05, 4.69) is 5.32 Å². The minimum atomic E-state index is -0.930. The van der Waals surface area contributed by atoms with Crippen LogP contribution in [-0.4, -0.2) is 23.5 Å². The molecule has 5 nitrogen and oxygen atoms in total. The van der Waals surface area contributed by atoms with Crippen molar-refractivity contribution in [2.75, 3.05) is 6.54 Å². The summed E-state index contributed by atoms with van der Waals surface area (Å²) in [7, 11) is 0. The summed E-state index contributed by atoms with van der Waals surface area (Å²) in [5.74, 6) is -1.29. The normalized spacial score (nSPS) is 13.9. The Morgan fingerprint density at radius 1 is 1.56 bits per heavy atom. The Morgan fingerprint density at radius 2 is 2.28 bits per heavy atom. The van der Waals surface area contributed by atoms with Gasteiger partial charge in [-0.3, -0.25) is 9.59 Å². The molecule has 1 aromatic rings. The number of nitrogens with one attached hydrogen (secondary N) is 1. The van der Waals surface area contributed by atoms with Gasteiger partial charge in [0, 0.05) is 10.8 Å². The first-order valence-electron chi connectivity index (χ1n) is 5.80. The first kappa shape index (κ1) is 14.7. The quantitative estimate of drug-likeness (QED) is 0.697. The number of thiophene rings is 1. The van der Waals surface area contributed by atoms with Crippen molar-refractivity contribution in [3.8, 4) is 0 Å². The Hall–Kier alpha value is -1.40. The Bertz CT molecular complexity index is 392. The third-order valence-electron chi connectivity index (χ3n) is 2.63. The number of nitrogens with two attached hydrogens (primary N) is 1.